The molecule has 0 bridgehead atoms. The molecule has 6 heteroatoms. The van der Waals surface area contributed by atoms with Gasteiger partial charge in [-0.2, -0.15) is 0 Å². The molecule has 29 heavy (non-hydrogen) atoms. The minimum absolute atomic E-state index is 0.165. The van der Waals surface area contributed by atoms with E-state index in [-0.39, 0.29) is 11.5 Å². The van der Waals surface area contributed by atoms with Crippen molar-refractivity contribution in [3.8, 4) is 23.0 Å². The quantitative estimate of drug-likeness (QED) is 0.383. The zero-order valence-corrected chi connectivity index (χ0v) is 16.8. The van der Waals surface area contributed by atoms with E-state index in [0.717, 1.165) is 17.2 Å². The molecule has 0 atom stereocenters. The molecule has 0 radical (unpaired) electrons. The summed E-state index contributed by atoms with van der Waals surface area (Å²) in [6.07, 6.45) is 7.23. The summed E-state index contributed by atoms with van der Waals surface area (Å²) in [4.78, 5) is 12.1. The van der Waals surface area contributed by atoms with Crippen LogP contribution in [0.25, 0.3) is 12.2 Å². The van der Waals surface area contributed by atoms with Gasteiger partial charge in [-0.3, -0.25) is 4.79 Å². The molecular formula is C23H24O6. The number of aliphatic hydroxyl groups excluding tert-OH is 1. The van der Waals surface area contributed by atoms with Gasteiger partial charge in [-0.25, -0.2) is 0 Å². The lowest BCUT2D eigenvalue weighted by molar-refractivity contribution is -0.110. The molecule has 152 valence electrons. The Kier molecular flexibility index (Phi) is 7.91. The summed E-state index contributed by atoms with van der Waals surface area (Å²) >= 11 is 0. The highest BCUT2D eigenvalue weighted by Crippen LogP contribution is 2.29. The highest BCUT2D eigenvalue weighted by molar-refractivity contribution is 6.02. The number of ether oxygens (including phenoxy) is 4. The number of ketones is 1. The predicted molar refractivity (Wildman–Crippen MR) is 113 cm³/mol. The summed E-state index contributed by atoms with van der Waals surface area (Å²) in [6, 6.07) is 10.6. The molecule has 0 aliphatic carbocycles. The summed E-state index contributed by atoms with van der Waals surface area (Å²) in [7, 11) is 6.21. The molecule has 2 rings (SSSR count). The molecule has 0 fully saturated rings. The summed E-state index contributed by atoms with van der Waals surface area (Å²) in [6.45, 7) is 0. The van der Waals surface area contributed by atoms with Crippen molar-refractivity contribution in [2.24, 2.45) is 0 Å². The van der Waals surface area contributed by atoms with Gasteiger partial charge in [0.05, 0.1) is 28.4 Å². The topological polar surface area (TPSA) is 74.2 Å². The van der Waals surface area contributed by atoms with Crippen molar-refractivity contribution in [2.45, 2.75) is 0 Å². The van der Waals surface area contributed by atoms with Gasteiger partial charge in [0, 0.05) is 6.08 Å². The third-order valence-electron chi connectivity index (χ3n) is 3.99. The Morgan fingerprint density at radius 1 is 0.724 bits per heavy atom. The molecule has 0 amide bonds. The smallest absolute Gasteiger partial charge is 0.182 e. The van der Waals surface area contributed by atoms with E-state index in [9.17, 15) is 9.90 Å². The maximum atomic E-state index is 12.1. The normalized spacial score (nSPS) is 11.7. The van der Waals surface area contributed by atoms with Crippen LogP contribution in [0.3, 0.4) is 0 Å². The Hall–Kier alpha value is -3.67. The van der Waals surface area contributed by atoms with Crippen LogP contribution in [-0.2, 0) is 4.79 Å². The standard InChI is InChI=1S/C23H24O6/c1-26-20-11-7-16(13-22(20)28-3)5-9-18(24)15-19(25)10-6-17-8-12-21(27-2)23(14-17)29-4/h5-15,24H,1-4H3/b9-5?,10-6?,18-15-. The molecule has 0 saturated heterocycles. The number of aliphatic hydroxyl groups is 1. The van der Waals surface area contributed by atoms with Crippen LogP contribution in [0.15, 0.2) is 60.4 Å². The maximum absolute atomic E-state index is 12.1. The minimum Gasteiger partial charge on any atom is -0.508 e. The molecule has 0 heterocycles. The van der Waals surface area contributed by atoms with Gasteiger partial charge in [-0.1, -0.05) is 24.3 Å². The average molecular weight is 396 g/mol. The van der Waals surface area contributed by atoms with Crippen molar-refractivity contribution in [1.82, 2.24) is 0 Å². The summed E-state index contributed by atoms with van der Waals surface area (Å²) in [5.74, 6) is 1.84. The number of methoxy groups -OCH3 is 4. The van der Waals surface area contributed by atoms with Gasteiger partial charge < -0.3 is 24.1 Å². The summed E-state index contributed by atoms with van der Waals surface area (Å²) < 4.78 is 20.8. The van der Waals surface area contributed by atoms with Crippen molar-refractivity contribution >= 4 is 17.9 Å². The highest BCUT2D eigenvalue weighted by atomic mass is 16.5. The van der Waals surface area contributed by atoms with E-state index in [1.54, 1.807) is 70.9 Å². The number of hydrogen-bond acceptors (Lipinski definition) is 6. The second kappa shape index (κ2) is 10.6. The lowest BCUT2D eigenvalue weighted by atomic mass is 10.1. The molecule has 6 nitrogen and oxygen atoms in total. The van der Waals surface area contributed by atoms with Crippen LogP contribution in [-0.4, -0.2) is 39.3 Å². The zero-order valence-electron chi connectivity index (χ0n) is 16.8. The van der Waals surface area contributed by atoms with Gasteiger partial charge in [0.25, 0.3) is 0 Å². The zero-order chi connectivity index (χ0) is 21.2. The Labute approximate surface area is 170 Å². The molecule has 0 saturated carbocycles. The van der Waals surface area contributed by atoms with E-state index in [0.29, 0.717) is 23.0 Å². The van der Waals surface area contributed by atoms with Crippen LogP contribution in [0.1, 0.15) is 11.1 Å². The number of rotatable bonds is 9. The van der Waals surface area contributed by atoms with Gasteiger partial charge in [-0.05, 0) is 47.5 Å². The van der Waals surface area contributed by atoms with E-state index in [4.69, 9.17) is 18.9 Å². The molecule has 2 aromatic carbocycles. The van der Waals surface area contributed by atoms with Crippen molar-refractivity contribution in [3.63, 3.8) is 0 Å². The number of allylic oxidation sites excluding steroid dienone is 3. The predicted octanol–water partition coefficient (Wildman–Crippen LogP) is 4.46. The van der Waals surface area contributed by atoms with Crippen molar-refractivity contribution in [3.05, 3.63) is 71.5 Å². The first-order valence-electron chi connectivity index (χ1n) is 8.75. The second-order valence-electron chi connectivity index (χ2n) is 5.87. The third-order valence-corrected chi connectivity index (χ3v) is 3.99. The molecule has 0 spiro atoms. The number of carbonyl (C=O) groups excluding carboxylic acids is 1. The molecule has 0 aliphatic heterocycles. The van der Waals surface area contributed by atoms with Gasteiger partial charge >= 0.3 is 0 Å². The minimum atomic E-state index is -0.353. The van der Waals surface area contributed by atoms with Gasteiger partial charge in [0.1, 0.15) is 5.76 Å². The summed E-state index contributed by atoms with van der Waals surface area (Å²) in [5, 5.41) is 9.98. The first-order valence-corrected chi connectivity index (χ1v) is 8.75. The summed E-state index contributed by atoms with van der Waals surface area (Å²) in [5.41, 5.74) is 1.56. The van der Waals surface area contributed by atoms with Crippen molar-refractivity contribution in [2.75, 3.05) is 28.4 Å². The number of benzene rings is 2. The van der Waals surface area contributed by atoms with Crippen LogP contribution in [0, 0.1) is 0 Å². The first kappa shape index (κ1) is 21.6. The molecule has 1 N–H and O–H groups in total. The van der Waals surface area contributed by atoms with Crippen LogP contribution < -0.4 is 18.9 Å². The molecule has 0 unspecified atom stereocenters. The van der Waals surface area contributed by atoms with Gasteiger partial charge in [0.2, 0.25) is 0 Å². The van der Waals surface area contributed by atoms with Crippen molar-refractivity contribution < 1.29 is 28.8 Å². The van der Waals surface area contributed by atoms with Crippen molar-refractivity contribution in [1.29, 1.82) is 0 Å². The maximum Gasteiger partial charge on any atom is 0.182 e. The Balaban J connectivity index is 2.06. The van der Waals surface area contributed by atoms with E-state index in [1.807, 2.05) is 6.07 Å². The van der Waals surface area contributed by atoms with Crippen LogP contribution in [0.2, 0.25) is 0 Å². The molecular weight excluding hydrogens is 372 g/mol. The monoisotopic (exact) mass is 396 g/mol. The molecule has 0 aliphatic rings. The Morgan fingerprint density at radius 2 is 1.17 bits per heavy atom. The van der Waals surface area contributed by atoms with E-state index in [1.165, 1.54) is 12.2 Å². The fourth-order valence-electron chi connectivity index (χ4n) is 2.51. The Morgan fingerprint density at radius 3 is 1.62 bits per heavy atom. The van der Waals surface area contributed by atoms with Crippen LogP contribution >= 0.6 is 0 Å². The highest BCUT2D eigenvalue weighted by Gasteiger charge is 2.04. The second-order valence-corrected chi connectivity index (χ2v) is 5.87. The average Bonchev–Trinajstić information content (AvgIpc) is 2.75. The third kappa shape index (κ3) is 6.17. The molecule has 2 aromatic rings. The fraction of sp³-hybridized carbons (Fsp3) is 0.174. The van der Waals surface area contributed by atoms with Crippen LogP contribution in [0.4, 0.5) is 0 Å². The lowest BCUT2D eigenvalue weighted by Gasteiger charge is -2.07. The van der Waals surface area contributed by atoms with E-state index < -0.39 is 0 Å². The fourth-order valence-corrected chi connectivity index (χ4v) is 2.51. The largest absolute Gasteiger partial charge is 0.508 e. The Bertz CT molecular complexity index is 940. The number of hydrogen-bond donors (Lipinski definition) is 1. The lowest BCUT2D eigenvalue weighted by Crippen LogP contribution is -1.91. The van der Waals surface area contributed by atoms with Gasteiger partial charge in [-0.15, -0.1) is 0 Å². The first-order chi connectivity index (χ1) is 14.0. The molecule has 0 aromatic heterocycles. The SMILES string of the molecule is COc1ccc(C=CC(=O)/C=C(\O)C=Cc2ccc(OC)c(OC)c2)cc1OC. The van der Waals surface area contributed by atoms with Gasteiger partial charge in [0.15, 0.2) is 28.8 Å². The van der Waals surface area contributed by atoms with E-state index in [2.05, 4.69) is 0 Å². The number of carbonyl (C=O) groups is 1. The van der Waals surface area contributed by atoms with E-state index >= 15 is 0 Å². The van der Waals surface area contributed by atoms with Crippen LogP contribution in [0.5, 0.6) is 23.0 Å².